The molecule has 8 heteroatoms. The van der Waals surface area contributed by atoms with Crippen LogP contribution in [0.4, 0.5) is 11.4 Å². The predicted molar refractivity (Wildman–Crippen MR) is 161 cm³/mol. The van der Waals surface area contributed by atoms with Crippen LogP contribution in [0.3, 0.4) is 0 Å². The highest BCUT2D eigenvalue weighted by molar-refractivity contribution is 6.03. The average molecular weight is 553 g/mol. The van der Waals surface area contributed by atoms with Gasteiger partial charge in [-0.3, -0.25) is 14.5 Å². The van der Waals surface area contributed by atoms with Gasteiger partial charge < -0.3 is 24.7 Å². The largest absolute Gasteiger partial charge is 0.454 e. The lowest BCUT2D eigenvalue weighted by molar-refractivity contribution is -0.127. The van der Waals surface area contributed by atoms with E-state index in [2.05, 4.69) is 10.3 Å². The zero-order valence-corrected chi connectivity index (χ0v) is 23.6. The molecule has 0 radical (unpaired) electrons. The number of aromatic amines is 1. The van der Waals surface area contributed by atoms with Crippen molar-refractivity contribution in [2.75, 3.05) is 30.7 Å². The quantitative estimate of drug-likeness (QED) is 0.292. The van der Waals surface area contributed by atoms with Gasteiger partial charge in [0, 0.05) is 54.7 Å². The highest BCUT2D eigenvalue weighted by Crippen LogP contribution is 2.39. The summed E-state index contributed by atoms with van der Waals surface area (Å²) >= 11 is 0. The number of nitrogens with zero attached hydrogens (tertiary/aromatic N) is 2. The number of fused-ring (bicyclic) bond motifs is 2. The molecule has 1 saturated carbocycles. The summed E-state index contributed by atoms with van der Waals surface area (Å²) in [5, 5.41) is 4.29. The minimum atomic E-state index is -0.869. The number of carbonyl (C=O) groups excluding carboxylic acids is 2. The van der Waals surface area contributed by atoms with Crippen molar-refractivity contribution in [1.29, 1.82) is 0 Å². The van der Waals surface area contributed by atoms with Crippen LogP contribution in [0.1, 0.15) is 49.3 Å². The van der Waals surface area contributed by atoms with Crippen molar-refractivity contribution in [3.8, 4) is 11.5 Å². The Morgan fingerprint density at radius 1 is 0.927 bits per heavy atom. The van der Waals surface area contributed by atoms with Gasteiger partial charge in [-0.1, -0.05) is 49.6 Å². The van der Waals surface area contributed by atoms with Gasteiger partial charge >= 0.3 is 0 Å². The average Bonchev–Trinajstić information content (AvgIpc) is 3.63. The number of anilines is 2. The summed E-state index contributed by atoms with van der Waals surface area (Å²) in [6.45, 7) is 0.125. The molecule has 1 aromatic heterocycles. The van der Waals surface area contributed by atoms with Crippen molar-refractivity contribution in [3.63, 3.8) is 0 Å². The zero-order chi connectivity index (χ0) is 28.3. The highest BCUT2D eigenvalue weighted by Gasteiger charge is 2.35. The molecule has 2 heterocycles. The smallest absolute Gasteiger partial charge is 0.248 e. The second-order valence-electron chi connectivity index (χ2n) is 11.1. The van der Waals surface area contributed by atoms with E-state index in [1.165, 1.54) is 6.42 Å². The van der Waals surface area contributed by atoms with Crippen LogP contribution >= 0.6 is 0 Å². The van der Waals surface area contributed by atoms with Crippen LogP contribution in [0.5, 0.6) is 11.5 Å². The van der Waals surface area contributed by atoms with Crippen LogP contribution in [-0.4, -0.2) is 43.7 Å². The van der Waals surface area contributed by atoms with Gasteiger partial charge in [0.15, 0.2) is 11.5 Å². The van der Waals surface area contributed by atoms with Gasteiger partial charge in [0.05, 0.1) is 6.42 Å². The molecule has 1 aliphatic heterocycles. The fraction of sp³-hybridized carbons (Fsp3) is 0.333. The van der Waals surface area contributed by atoms with Gasteiger partial charge in [-0.05, 0) is 54.3 Å². The molecule has 2 aliphatic rings. The Morgan fingerprint density at radius 2 is 1.66 bits per heavy atom. The molecule has 3 aromatic carbocycles. The lowest BCUT2D eigenvalue weighted by Gasteiger charge is -2.34. The van der Waals surface area contributed by atoms with E-state index in [1.54, 1.807) is 17.0 Å². The maximum atomic E-state index is 14.4. The molecular formula is C33H36N4O4. The lowest BCUT2D eigenvalue weighted by Crippen LogP contribution is -2.47. The van der Waals surface area contributed by atoms with Crippen LogP contribution in [-0.2, 0) is 16.0 Å². The third-order valence-corrected chi connectivity index (χ3v) is 8.10. The van der Waals surface area contributed by atoms with Crippen molar-refractivity contribution >= 4 is 34.1 Å². The topological polar surface area (TPSA) is 86.9 Å². The van der Waals surface area contributed by atoms with E-state index in [0.717, 1.165) is 53.4 Å². The van der Waals surface area contributed by atoms with E-state index in [0.29, 0.717) is 17.2 Å². The Balaban J connectivity index is 1.42. The van der Waals surface area contributed by atoms with Crippen LogP contribution < -0.4 is 24.6 Å². The number of para-hydroxylation sites is 1. The number of benzene rings is 3. The molecule has 2 N–H and O–H groups in total. The maximum absolute atomic E-state index is 14.4. The van der Waals surface area contributed by atoms with E-state index in [-0.39, 0.29) is 31.1 Å². The normalized spacial score (nSPS) is 15.5. The molecule has 6 rings (SSSR count). The Kier molecular flexibility index (Phi) is 7.55. The number of aromatic nitrogens is 1. The number of hydrogen-bond acceptors (Lipinski definition) is 5. The van der Waals surface area contributed by atoms with Crippen molar-refractivity contribution in [2.24, 2.45) is 0 Å². The standard InChI is InChI=1S/C33H36N4O4/c1-36(2)25-14-12-22(13-15-25)32(33(39)35-24-8-4-3-5-9-24)37(26-16-17-29-30(19-26)41-21-40-29)31(38)18-23-20-34-28-11-7-6-10-27(23)28/h6-7,10-17,19-20,24,32,34H,3-5,8-9,18,21H2,1-2H3,(H,35,39)/t32-/m0/s1. The van der Waals surface area contributed by atoms with Crippen LogP contribution in [0, 0.1) is 0 Å². The summed E-state index contributed by atoms with van der Waals surface area (Å²) in [5.41, 5.74) is 4.19. The number of nitrogens with one attached hydrogen (secondary N) is 2. The second-order valence-corrected chi connectivity index (χ2v) is 11.1. The molecule has 41 heavy (non-hydrogen) atoms. The molecular weight excluding hydrogens is 516 g/mol. The first-order chi connectivity index (χ1) is 20.0. The van der Waals surface area contributed by atoms with E-state index < -0.39 is 6.04 Å². The van der Waals surface area contributed by atoms with Crippen molar-refractivity contribution in [1.82, 2.24) is 10.3 Å². The van der Waals surface area contributed by atoms with Crippen molar-refractivity contribution < 1.29 is 19.1 Å². The summed E-state index contributed by atoms with van der Waals surface area (Å²) in [5.74, 6) is 0.812. The monoisotopic (exact) mass is 552 g/mol. The van der Waals surface area contributed by atoms with Gasteiger partial charge in [0.2, 0.25) is 18.6 Å². The maximum Gasteiger partial charge on any atom is 0.248 e. The van der Waals surface area contributed by atoms with Gasteiger partial charge in [-0.2, -0.15) is 0 Å². The lowest BCUT2D eigenvalue weighted by atomic mass is 9.94. The number of carbonyl (C=O) groups is 2. The molecule has 1 atom stereocenters. The number of ether oxygens (including phenoxy) is 2. The number of hydrogen-bond donors (Lipinski definition) is 2. The Labute approximate surface area is 240 Å². The van der Waals surface area contributed by atoms with Crippen LogP contribution in [0.25, 0.3) is 10.9 Å². The predicted octanol–water partition coefficient (Wildman–Crippen LogP) is 5.73. The van der Waals surface area contributed by atoms with Crippen LogP contribution in [0.2, 0.25) is 0 Å². The molecule has 212 valence electrons. The highest BCUT2D eigenvalue weighted by atomic mass is 16.7. The fourth-order valence-corrected chi connectivity index (χ4v) is 5.90. The third-order valence-electron chi connectivity index (χ3n) is 8.10. The van der Waals surface area contributed by atoms with Gasteiger partial charge in [-0.25, -0.2) is 0 Å². The van der Waals surface area contributed by atoms with Gasteiger partial charge in [-0.15, -0.1) is 0 Å². The molecule has 1 aliphatic carbocycles. The van der Waals surface area contributed by atoms with Gasteiger partial charge in [0.1, 0.15) is 6.04 Å². The SMILES string of the molecule is CN(C)c1ccc([C@@H](C(=O)NC2CCCCC2)N(C(=O)Cc2c[nH]c3ccccc23)c2ccc3c(c2)OCO3)cc1. The summed E-state index contributed by atoms with van der Waals surface area (Å²) in [6.07, 6.45) is 7.28. The molecule has 4 aromatic rings. The van der Waals surface area contributed by atoms with E-state index in [9.17, 15) is 9.59 Å². The Bertz CT molecular complexity index is 1540. The van der Waals surface area contributed by atoms with E-state index in [4.69, 9.17) is 9.47 Å². The Hall–Kier alpha value is -4.46. The molecule has 0 bridgehead atoms. The molecule has 8 nitrogen and oxygen atoms in total. The molecule has 2 amide bonds. The molecule has 0 saturated heterocycles. The summed E-state index contributed by atoms with van der Waals surface area (Å²) in [4.78, 5) is 35.5. The molecule has 1 fully saturated rings. The minimum Gasteiger partial charge on any atom is -0.454 e. The molecule has 0 unspecified atom stereocenters. The first-order valence-electron chi connectivity index (χ1n) is 14.3. The van der Waals surface area contributed by atoms with Crippen LogP contribution in [0.15, 0.2) is 72.9 Å². The molecule has 0 spiro atoms. The summed E-state index contributed by atoms with van der Waals surface area (Å²) in [6, 6.07) is 20.4. The first-order valence-corrected chi connectivity index (χ1v) is 14.3. The van der Waals surface area contributed by atoms with Gasteiger partial charge in [0.25, 0.3) is 0 Å². The summed E-state index contributed by atoms with van der Waals surface area (Å²) in [7, 11) is 3.96. The zero-order valence-electron chi connectivity index (χ0n) is 23.6. The second kappa shape index (κ2) is 11.6. The third kappa shape index (κ3) is 5.59. The number of H-pyrrole nitrogens is 1. The number of amides is 2. The minimum absolute atomic E-state index is 0.0992. The van der Waals surface area contributed by atoms with Crippen molar-refractivity contribution in [2.45, 2.75) is 50.6 Å². The Morgan fingerprint density at radius 3 is 2.44 bits per heavy atom. The van der Waals surface area contributed by atoms with E-state index in [1.807, 2.05) is 79.8 Å². The van der Waals surface area contributed by atoms with E-state index >= 15 is 0 Å². The van der Waals surface area contributed by atoms with Crippen molar-refractivity contribution in [3.05, 3.63) is 84.1 Å². The fourth-order valence-electron chi connectivity index (χ4n) is 5.90. The first kappa shape index (κ1) is 26.7. The summed E-state index contributed by atoms with van der Waals surface area (Å²) < 4.78 is 11.2. The number of rotatable bonds is 8.